The Hall–Kier alpha value is -0.820. The maximum atomic E-state index is 12.2. The molecular formula is C6H2BrClF2N2O2. The van der Waals surface area contributed by atoms with Crippen LogP contribution in [0.2, 0.25) is 5.02 Å². The van der Waals surface area contributed by atoms with Gasteiger partial charge in [0.1, 0.15) is 10.3 Å². The molecule has 0 radical (unpaired) electrons. The highest BCUT2D eigenvalue weighted by Gasteiger charge is 2.21. The van der Waals surface area contributed by atoms with Crippen molar-refractivity contribution in [2.24, 2.45) is 0 Å². The van der Waals surface area contributed by atoms with Gasteiger partial charge in [-0.1, -0.05) is 11.6 Å². The van der Waals surface area contributed by atoms with Crippen molar-refractivity contribution in [3.05, 3.63) is 31.5 Å². The Morgan fingerprint density at radius 2 is 2.21 bits per heavy atom. The van der Waals surface area contributed by atoms with Crippen LogP contribution in [0.1, 0.15) is 12.1 Å². The number of aromatic nitrogens is 1. The normalized spacial score (nSPS) is 10.6. The zero-order valence-corrected chi connectivity index (χ0v) is 8.72. The average Bonchev–Trinajstić information content (AvgIpc) is 2.08. The third-order valence-corrected chi connectivity index (χ3v) is 2.51. The van der Waals surface area contributed by atoms with Gasteiger partial charge in [-0.2, -0.15) is 0 Å². The molecule has 4 nitrogen and oxygen atoms in total. The Bertz CT molecular complexity index is 388. The molecule has 0 spiro atoms. The van der Waals surface area contributed by atoms with Crippen molar-refractivity contribution in [3.63, 3.8) is 0 Å². The number of halogens is 4. The summed E-state index contributed by atoms with van der Waals surface area (Å²) in [7, 11) is 0. The minimum absolute atomic E-state index is 0.163. The first kappa shape index (κ1) is 11.3. The average molecular weight is 287 g/mol. The molecule has 0 saturated carbocycles. The van der Waals surface area contributed by atoms with Gasteiger partial charge >= 0.3 is 0 Å². The lowest BCUT2D eigenvalue weighted by Gasteiger charge is -2.01. The molecule has 0 unspecified atom stereocenters. The van der Waals surface area contributed by atoms with Crippen LogP contribution in [0.25, 0.3) is 0 Å². The summed E-state index contributed by atoms with van der Waals surface area (Å²) in [6, 6.07) is 0.651. The first-order valence-electron chi connectivity index (χ1n) is 3.22. The Labute approximate surface area is 90.2 Å². The molecule has 14 heavy (non-hydrogen) atoms. The summed E-state index contributed by atoms with van der Waals surface area (Å²) in [5, 5.41) is 10.1. The summed E-state index contributed by atoms with van der Waals surface area (Å²) in [5.41, 5.74) is -1.28. The monoisotopic (exact) mass is 286 g/mol. The van der Waals surface area contributed by atoms with Gasteiger partial charge in [-0.15, -0.1) is 0 Å². The Morgan fingerprint density at radius 1 is 1.64 bits per heavy atom. The quantitative estimate of drug-likeness (QED) is 0.476. The molecule has 0 aliphatic carbocycles. The van der Waals surface area contributed by atoms with Gasteiger partial charge in [-0.05, 0) is 15.9 Å². The van der Waals surface area contributed by atoms with Crippen molar-refractivity contribution in [1.29, 1.82) is 0 Å². The highest BCUT2D eigenvalue weighted by atomic mass is 79.9. The van der Waals surface area contributed by atoms with E-state index in [1.807, 2.05) is 0 Å². The first-order valence-corrected chi connectivity index (χ1v) is 4.39. The summed E-state index contributed by atoms with van der Waals surface area (Å²) < 4.78 is 24.2. The number of hydrogen-bond acceptors (Lipinski definition) is 3. The fourth-order valence-electron chi connectivity index (χ4n) is 0.748. The van der Waals surface area contributed by atoms with Gasteiger partial charge in [0, 0.05) is 6.07 Å². The lowest BCUT2D eigenvalue weighted by molar-refractivity contribution is -0.384. The number of hydrogen-bond donors (Lipinski definition) is 0. The minimum atomic E-state index is -2.87. The van der Waals surface area contributed by atoms with Crippen LogP contribution in [-0.2, 0) is 0 Å². The molecule has 0 aliphatic heterocycles. The molecule has 0 aromatic carbocycles. The van der Waals surface area contributed by atoms with Crippen molar-refractivity contribution in [1.82, 2.24) is 4.98 Å². The van der Waals surface area contributed by atoms with E-state index in [0.717, 1.165) is 0 Å². The lowest BCUT2D eigenvalue weighted by atomic mass is 10.3. The van der Waals surface area contributed by atoms with Crippen LogP contribution < -0.4 is 0 Å². The second-order valence-electron chi connectivity index (χ2n) is 2.23. The number of rotatable bonds is 2. The number of nitro groups is 1. The van der Waals surface area contributed by atoms with E-state index in [0.29, 0.717) is 6.07 Å². The van der Waals surface area contributed by atoms with Gasteiger partial charge in [0.15, 0.2) is 5.02 Å². The molecule has 1 aromatic rings. The standard InChI is InChI=1S/C6H2BrClF2N2O2/c7-5-4(8)3(12(13)14)1-2(11-5)6(9)10/h1,6H. The second-order valence-corrected chi connectivity index (χ2v) is 3.36. The predicted octanol–water partition coefficient (Wildman–Crippen LogP) is 3.34. The van der Waals surface area contributed by atoms with Crippen molar-refractivity contribution < 1.29 is 13.7 Å². The molecule has 8 heteroatoms. The van der Waals surface area contributed by atoms with Gasteiger partial charge < -0.3 is 0 Å². The van der Waals surface area contributed by atoms with E-state index < -0.39 is 22.7 Å². The summed E-state index contributed by atoms with van der Waals surface area (Å²) >= 11 is 8.22. The van der Waals surface area contributed by atoms with Crippen LogP contribution in [0.4, 0.5) is 14.5 Å². The number of alkyl halides is 2. The maximum Gasteiger partial charge on any atom is 0.292 e. The molecule has 0 saturated heterocycles. The highest BCUT2D eigenvalue weighted by Crippen LogP contribution is 2.33. The zero-order chi connectivity index (χ0) is 10.9. The van der Waals surface area contributed by atoms with Crippen molar-refractivity contribution in [2.45, 2.75) is 6.43 Å². The smallest absolute Gasteiger partial charge is 0.258 e. The zero-order valence-electron chi connectivity index (χ0n) is 6.38. The topological polar surface area (TPSA) is 56.0 Å². The molecule has 0 bridgehead atoms. The van der Waals surface area contributed by atoms with Gasteiger partial charge in [0.2, 0.25) is 0 Å². The Kier molecular flexibility index (Phi) is 3.33. The molecule has 1 aromatic heterocycles. The van der Waals surface area contributed by atoms with Gasteiger partial charge in [-0.3, -0.25) is 10.1 Å². The summed E-state index contributed by atoms with van der Waals surface area (Å²) in [4.78, 5) is 12.9. The SMILES string of the molecule is O=[N+]([O-])c1cc(C(F)F)nc(Br)c1Cl. The van der Waals surface area contributed by atoms with E-state index in [1.54, 1.807) is 0 Å². The van der Waals surface area contributed by atoms with Crippen LogP contribution in [0.3, 0.4) is 0 Å². The van der Waals surface area contributed by atoms with E-state index in [9.17, 15) is 18.9 Å². The van der Waals surface area contributed by atoms with E-state index in [-0.39, 0.29) is 9.63 Å². The highest BCUT2D eigenvalue weighted by molar-refractivity contribution is 9.10. The van der Waals surface area contributed by atoms with Crippen molar-refractivity contribution in [2.75, 3.05) is 0 Å². The predicted molar refractivity (Wildman–Crippen MR) is 48.6 cm³/mol. The van der Waals surface area contributed by atoms with Gasteiger partial charge in [-0.25, -0.2) is 13.8 Å². The molecule has 1 rings (SSSR count). The number of nitrogens with zero attached hydrogens (tertiary/aromatic N) is 2. The minimum Gasteiger partial charge on any atom is -0.258 e. The van der Waals surface area contributed by atoms with Gasteiger partial charge in [0.25, 0.3) is 12.1 Å². The lowest BCUT2D eigenvalue weighted by Crippen LogP contribution is -1.97. The first-order chi connectivity index (χ1) is 6.43. The van der Waals surface area contributed by atoms with Crippen LogP contribution >= 0.6 is 27.5 Å². The molecule has 0 aliphatic rings. The molecule has 0 amide bonds. The largest absolute Gasteiger partial charge is 0.292 e. The Balaban J connectivity index is 3.35. The van der Waals surface area contributed by atoms with Crippen LogP contribution in [-0.4, -0.2) is 9.91 Å². The second kappa shape index (κ2) is 4.14. The van der Waals surface area contributed by atoms with Crippen molar-refractivity contribution in [3.8, 4) is 0 Å². The summed E-state index contributed by atoms with van der Waals surface area (Å²) in [5.74, 6) is 0. The molecule has 0 atom stereocenters. The van der Waals surface area contributed by atoms with E-state index >= 15 is 0 Å². The fraction of sp³-hybridized carbons (Fsp3) is 0.167. The molecule has 0 N–H and O–H groups in total. The van der Waals surface area contributed by atoms with Crippen LogP contribution in [0.5, 0.6) is 0 Å². The van der Waals surface area contributed by atoms with E-state index in [1.165, 1.54) is 0 Å². The third kappa shape index (κ3) is 2.16. The van der Waals surface area contributed by atoms with Crippen LogP contribution in [0.15, 0.2) is 10.7 Å². The maximum absolute atomic E-state index is 12.2. The summed E-state index contributed by atoms with van der Waals surface area (Å²) in [6.07, 6.45) is -2.87. The molecular weight excluding hydrogens is 285 g/mol. The molecule has 76 valence electrons. The number of pyridine rings is 1. The fourth-order valence-corrected chi connectivity index (χ4v) is 1.32. The van der Waals surface area contributed by atoms with Crippen molar-refractivity contribution >= 4 is 33.2 Å². The van der Waals surface area contributed by atoms with E-state index in [2.05, 4.69) is 20.9 Å². The van der Waals surface area contributed by atoms with E-state index in [4.69, 9.17) is 11.6 Å². The summed E-state index contributed by atoms with van der Waals surface area (Å²) in [6.45, 7) is 0. The Morgan fingerprint density at radius 3 is 2.64 bits per heavy atom. The third-order valence-electron chi connectivity index (χ3n) is 1.34. The van der Waals surface area contributed by atoms with Crippen LogP contribution in [0, 0.1) is 10.1 Å². The molecule has 1 heterocycles. The van der Waals surface area contributed by atoms with Gasteiger partial charge in [0.05, 0.1) is 4.92 Å². The molecule has 0 fully saturated rings.